The summed E-state index contributed by atoms with van der Waals surface area (Å²) in [6, 6.07) is 12.9. The minimum Gasteiger partial charge on any atom is -0.486 e. The number of piperidine rings is 1. The fourth-order valence-electron chi connectivity index (χ4n) is 7.97. The van der Waals surface area contributed by atoms with Crippen molar-refractivity contribution in [3.05, 3.63) is 108 Å². The highest BCUT2D eigenvalue weighted by Crippen LogP contribution is 2.40. The van der Waals surface area contributed by atoms with Crippen LogP contribution in [0.5, 0.6) is 5.75 Å². The van der Waals surface area contributed by atoms with Crippen LogP contribution in [0.4, 0.5) is 26.2 Å². The van der Waals surface area contributed by atoms with Crippen molar-refractivity contribution in [3.8, 4) is 28.8 Å². The largest absolute Gasteiger partial charge is 0.486 e. The van der Waals surface area contributed by atoms with E-state index in [1.54, 1.807) is 6.07 Å². The molecule has 2 N–H and O–H groups in total. The zero-order valence-corrected chi connectivity index (χ0v) is 38.1. The minimum absolute atomic E-state index is 0.0152. The first-order valence-corrected chi connectivity index (χ1v) is 22.3. The molecule has 5 heterocycles. The Kier molecular flexibility index (Phi) is 19.0. The second kappa shape index (κ2) is 24.8. The third-order valence-corrected chi connectivity index (χ3v) is 11.5. The lowest BCUT2D eigenvalue weighted by molar-refractivity contribution is -0.112. The quantitative estimate of drug-likeness (QED) is 0.0516. The van der Waals surface area contributed by atoms with Gasteiger partial charge in [0.25, 0.3) is 0 Å². The molecule has 1 unspecified atom stereocenters. The van der Waals surface area contributed by atoms with Gasteiger partial charge in [0, 0.05) is 54.0 Å². The fourth-order valence-corrected chi connectivity index (χ4v) is 7.97. The molecule has 4 aromatic rings. The first-order chi connectivity index (χ1) is 31.0. The van der Waals surface area contributed by atoms with Crippen LogP contribution in [0.25, 0.3) is 17.0 Å². The number of halogens is 2. The van der Waals surface area contributed by atoms with Crippen molar-refractivity contribution in [2.75, 3.05) is 57.6 Å². The first-order valence-electron chi connectivity index (χ1n) is 22.3. The first kappa shape index (κ1) is 49.1. The third-order valence-electron chi connectivity index (χ3n) is 11.5. The van der Waals surface area contributed by atoms with Crippen molar-refractivity contribution >= 4 is 35.7 Å². The molecular weight excluding hydrogens is 811 g/mol. The Morgan fingerprint density at radius 2 is 1.73 bits per heavy atom. The summed E-state index contributed by atoms with van der Waals surface area (Å²) in [5, 5.41) is 5.80. The molecule has 3 aliphatic rings. The van der Waals surface area contributed by atoms with Gasteiger partial charge in [-0.1, -0.05) is 43.0 Å². The molecule has 13 heteroatoms. The van der Waals surface area contributed by atoms with E-state index in [-0.39, 0.29) is 29.5 Å². The summed E-state index contributed by atoms with van der Waals surface area (Å²) in [5.41, 5.74) is 6.19. The number of hydrogen-bond donors (Lipinski definition) is 2. The average Bonchev–Trinajstić information content (AvgIpc) is 3.62. The summed E-state index contributed by atoms with van der Waals surface area (Å²) < 4.78 is 35.2. The highest BCUT2D eigenvalue weighted by molar-refractivity contribution is 5.75. The molecule has 11 nitrogen and oxygen atoms in total. The number of aldehydes is 2. The van der Waals surface area contributed by atoms with Crippen molar-refractivity contribution < 1.29 is 23.1 Å². The monoisotopic (exact) mass is 875 g/mol. The normalized spacial score (nSPS) is 15.0. The van der Waals surface area contributed by atoms with Gasteiger partial charge in [0.2, 0.25) is 5.95 Å². The SMILES string of the molecule is C=CCCCCCC#Cc1ccc2c(c1)C(=C)N(C(C=O)CCC=O)C2.CC(C)N1CCOc2c(F)cc(-c3nc(Nc4ccc(C5CCN(C)CC5)cn4)ncc3F)cc21.CNC. The summed E-state index contributed by atoms with van der Waals surface area (Å²) >= 11 is 0. The van der Waals surface area contributed by atoms with Crippen LogP contribution in [0.15, 0.2) is 74.1 Å². The smallest absolute Gasteiger partial charge is 0.229 e. The number of nitrogens with one attached hydrogen (secondary N) is 2. The van der Waals surface area contributed by atoms with Crippen molar-refractivity contribution in [2.45, 2.75) is 96.2 Å². The molecule has 3 aliphatic heterocycles. The fraction of sp³-hybridized carbons (Fsp3) is 0.431. The van der Waals surface area contributed by atoms with Crippen LogP contribution >= 0.6 is 0 Å². The van der Waals surface area contributed by atoms with Gasteiger partial charge in [-0.25, -0.2) is 23.7 Å². The van der Waals surface area contributed by atoms with Gasteiger partial charge < -0.3 is 39.7 Å². The predicted molar refractivity (Wildman–Crippen MR) is 254 cm³/mol. The number of likely N-dealkylation sites (tertiary alicyclic amines) is 1. The molecule has 7 rings (SSSR count). The number of unbranched alkanes of at least 4 members (excludes halogenated alkanes) is 4. The van der Waals surface area contributed by atoms with E-state index >= 15 is 0 Å². The van der Waals surface area contributed by atoms with Gasteiger partial charge in [0.1, 0.15) is 30.7 Å². The Labute approximate surface area is 378 Å². The number of aromatic nitrogens is 3. The van der Waals surface area contributed by atoms with Gasteiger partial charge >= 0.3 is 0 Å². The lowest BCUT2D eigenvalue weighted by atomic mass is 9.91. The summed E-state index contributed by atoms with van der Waals surface area (Å²) in [5.74, 6) is 6.76. The molecule has 2 aromatic carbocycles. The van der Waals surface area contributed by atoms with Crippen LogP contribution in [-0.2, 0) is 16.1 Å². The molecule has 0 saturated carbocycles. The highest BCUT2D eigenvalue weighted by atomic mass is 19.1. The van der Waals surface area contributed by atoms with Crippen molar-refractivity contribution in [1.82, 2.24) is 30.1 Å². The van der Waals surface area contributed by atoms with E-state index in [0.717, 1.165) is 86.4 Å². The molecule has 1 saturated heterocycles. The summed E-state index contributed by atoms with van der Waals surface area (Å²) in [7, 11) is 5.89. The number of rotatable bonds is 15. The summed E-state index contributed by atoms with van der Waals surface area (Å²) in [6.45, 7) is 15.8. The third kappa shape index (κ3) is 13.3. The standard InChI is InChI=1S/C26H30F2N6O.C23H27NO2.C2H7N/c1-16(2)34-10-11-35-25-20(27)12-19(13-22(25)34)24-21(28)15-30-26(32-24)31-23-5-4-18(14-29-23)17-6-8-33(3)9-7-17;1-3-4-5-6-7-8-9-11-20-13-14-21-17-24(19(2)23(21)16-20)22(18-26)12-10-15-25;1-3-2/h4-5,12-17H,6-11H2,1-3H3,(H,29,30,31,32);3,13-16,18,22H,1-2,4-8,10,12,17H2;3H,1-2H3. The summed E-state index contributed by atoms with van der Waals surface area (Å²) in [6.07, 6.45) is 15.3. The Morgan fingerprint density at radius 1 is 0.953 bits per heavy atom. The van der Waals surface area contributed by atoms with E-state index in [9.17, 15) is 18.4 Å². The van der Waals surface area contributed by atoms with Crippen LogP contribution < -0.4 is 20.3 Å². The Morgan fingerprint density at radius 3 is 2.42 bits per heavy atom. The number of hydrogen-bond acceptors (Lipinski definition) is 11. The van der Waals surface area contributed by atoms with Crippen LogP contribution in [0.1, 0.15) is 99.8 Å². The molecule has 1 fully saturated rings. The Bertz CT molecular complexity index is 2250. The van der Waals surface area contributed by atoms with Gasteiger partial charge in [-0.15, -0.1) is 6.58 Å². The topological polar surface area (TPSA) is 116 Å². The molecular formula is C51H64F2N8O3. The molecule has 64 heavy (non-hydrogen) atoms. The van der Waals surface area contributed by atoms with Gasteiger partial charge in [-0.3, -0.25) is 0 Å². The number of anilines is 3. The molecule has 0 aliphatic carbocycles. The van der Waals surface area contributed by atoms with Crippen LogP contribution in [0.3, 0.4) is 0 Å². The van der Waals surface area contributed by atoms with Crippen molar-refractivity contribution in [2.24, 2.45) is 0 Å². The maximum absolute atomic E-state index is 14.9. The number of allylic oxidation sites excluding steroid dienone is 1. The number of fused-ring (bicyclic) bond motifs is 2. The highest BCUT2D eigenvalue weighted by Gasteiger charge is 2.29. The van der Waals surface area contributed by atoms with Crippen molar-refractivity contribution in [3.63, 3.8) is 0 Å². The second-order valence-corrected chi connectivity index (χ2v) is 16.6. The number of nitrogens with zero attached hydrogens (tertiary/aromatic N) is 6. The van der Waals surface area contributed by atoms with Crippen LogP contribution in [0.2, 0.25) is 0 Å². The van der Waals surface area contributed by atoms with E-state index in [1.165, 1.54) is 24.5 Å². The zero-order valence-electron chi connectivity index (χ0n) is 38.1. The molecule has 0 spiro atoms. The molecule has 0 bridgehead atoms. The molecule has 1 atom stereocenters. The second-order valence-electron chi connectivity index (χ2n) is 16.6. The van der Waals surface area contributed by atoms with Crippen LogP contribution in [0, 0.1) is 23.5 Å². The maximum atomic E-state index is 14.9. The van der Waals surface area contributed by atoms with E-state index in [0.29, 0.717) is 55.5 Å². The number of carbonyl (C=O) groups is 2. The minimum atomic E-state index is -0.631. The van der Waals surface area contributed by atoms with E-state index in [1.807, 2.05) is 62.1 Å². The predicted octanol–water partition coefficient (Wildman–Crippen LogP) is 9.32. The van der Waals surface area contributed by atoms with Gasteiger partial charge in [0.15, 0.2) is 17.4 Å². The molecule has 0 amide bonds. The zero-order chi connectivity index (χ0) is 46.0. The number of pyridine rings is 1. The Balaban J connectivity index is 0.000000237. The van der Waals surface area contributed by atoms with Crippen LogP contribution in [-0.4, -0.2) is 96.8 Å². The van der Waals surface area contributed by atoms with Gasteiger partial charge in [-0.05, 0) is 134 Å². The maximum Gasteiger partial charge on any atom is 0.229 e. The van der Waals surface area contributed by atoms with E-state index in [2.05, 4.69) is 80.7 Å². The Hall–Kier alpha value is -5.97. The van der Waals surface area contributed by atoms with Gasteiger partial charge in [-0.2, -0.15) is 0 Å². The number of benzene rings is 2. The molecule has 0 radical (unpaired) electrons. The number of ether oxygens (including phenoxy) is 1. The lowest BCUT2D eigenvalue weighted by Crippen LogP contribution is -2.38. The average molecular weight is 875 g/mol. The van der Waals surface area contributed by atoms with E-state index < -0.39 is 11.6 Å². The molecule has 340 valence electrons. The van der Waals surface area contributed by atoms with E-state index in [4.69, 9.17) is 4.74 Å². The molecule has 2 aromatic heterocycles. The van der Waals surface area contributed by atoms with Gasteiger partial charge in [0.05, 0.1) is 24.5 Å². The summed E-state index contributed by atoms with van der Waals surface area (Å²) in [4.78, 5) is 41.3. The van der Waals surface area contributed by atoms with Crippen molar-refractivity contribution in [1.29, 1.82) is 0 Å². The lowest BCUT2D eigenvalue weighted by Gasteiger charge is -2.34. The number of carbonyl (C=O) groups excluding carboxylic acids is 2.